The first kappa shape index (κ1) is 20.2. The number of hydrogen-bond acceptors (Lipinski definition) is 4. The van der Waals surface area contributed by atoms with E-state index in [1.165, 1.54) is 28.3 Å². The molecule has 0 unspecified atom stereocenters. The maximum atomic E-state index is 13.5. The number of halogens is 1. The molecule has 0 atom stereocenters. The summed E-state index contributed by atoms with van der Waals surface area (Å²) in [6.07, 6.45) is 1.74. The van der Waals surface area contributed by atoms with Crippen LogP contribution in [-0.2, 0) is 17.9 Å². The van der Waals surface area contributed by atoms with E-state index < -0.39 is 11.4 Å². The quantitative estimate of drug-likeness (QED) is 0.705. The molecule has 4 rings (SSSR count). The van der Waals surface area contributed by atoms with Crippen LogP contribution in [0.4, 0.5) is 4.39 Å². The lowest BCUT2D eigenvalue weighted by molar-refractivity contribution is -0.122. The molecule has 2 aromatic carbocycles. The van der Waals surface area contributed by atoms with E-state index in [-0.39, 0.29) is 23.9 Å². The van der Waals surface area contributed by atoms with Gasteiger partial charge in [0.25, 0.3) is 5.56 Å². The van der Waals surface area contributed by atoms with Crippen molar-refractivity contribution < 1.29 is 9.18 Å². The van der Waals surface area contributed by atoms with Crippen LogP contribution in [0.1, 0.15) is 24.2 Å². The van der Waals surface area contributed by atoms with Gasteiger partial charge >= 0.3 is 0 Å². The van der Waals surface area contributed by atoms with E-state index in [0.717, 1.165) is 32.5 Å². The first-order valence-electron chi connectivity index (χ1n) is 10.2. The molecular weight excluding hydrogens is 383 g/mol. The summed E-state index contributed by atoms with van der Waals surface area (Å²) in [6.45, 7) is 4.30. The number of rotatable bonds is 5. The van der Waals surface area contributed by atoms with Gasteiger partial charge in [-0.1, -0.05) is 30.3 Å². The van der Waals surface area contributed by atoms with Gasteiger partial charge in [-0.2, -0.15) is 0 Å². The number of likely N-dealkylation sites (tertiary alicyclic amines) is 1. The van der Waals surface area contributed by atoms with Crippen molar-refractivity contribution in [3.63, 3.8) is 0 Å². The summed E-state index contributed by atoms with van der Waals surface area (Å²) in [5.74, 6) is -0.283. The molecule has 1 aliphatic heterocycles. The first-order chi connectivity index (χ1) is 14.5. The summed E-state index contributed by atoms with van der Waals surface area (Å²) in [5.41, 5.74) is 1.32. The first-order valence-corrected chi connectivity index (χ1v) is 10.2. The van der Waals surface area contributed by atoms with Crippen LogP contribution >= 0.6 is 0 Å². The van der Waals surface area contributed by atoms with Gasteiger partial charge in [-0.15, -0.1) is 0 Å². The molecule has 156 valence electrons. The standard InChI is InChI=1S/C23H25FN4O2/c1-16-25-21-8-7-18(24)13-20(21)23(30)28(16)15-22(29)26-19-9-11-27(12-10-19)14-17-5-3-2-4-6-17/h2-8,13,19H,9-12,14-15H2,1H3,(H,26,29). The molecule has 1 amide bonds. The van der Waals surface area contributed by atoms with Crippen molar-refractivity contribution in [2.75, 3.05) is 13.1 Å². The molecule has 1 saturated heterocycles. The molecule has 1 aromatic heterocycles. The van der Waals surface area contributed by atoms with E-state index in [1.54, 1.807) is 6.92 Å². The SMILES string of the molecule is Cc1nc2ccc(F)cc2c(=O)n1CC(=O)NC1CCN(Cc2ccccc2)CC1. The highest BCUT2D eigenvalue weighted by molar-refractivity contribution is 5.79. The van der Waals surface area contributed by atoms with Crippen LogP contribution in [0.5, 0.6) is 0 Å². The summed E-state index contributed by atoms with van der Waals surface area (Å²) in [6, 6.07) is 14.4. The number of piperidine rings is 1. The Morgan fingerprint density at radius 2 is 1.90 bits per heavy atom. The lowest BCUT2D eigenvalue weighted by Gasteiger charge is -2.32. The highest BCUT2D eigenvalue weighted by Crippen LogP contribution is 2.14. The van der Waals surface area contributed by atoms with Crippen LogP contribution in [0.2, 0.25) is 0 Å². The Bertz CT molecular complexity index is 1110. The van der Waals surface area contributed by atoms with Gasteiger partial charge in [-0.25, -0.2) is 9.37 Å². The normalized spacial score (nSPS) is 15.4. The monoisotopic (exact) mass is 408 g/mol. The Morgan fingerprint density at radius 1 is 1.17 bits per heavy atom. The van der Waals surface area contributed by atoms with Gasteiger partial charge in [0, 0.05) is 25.7 Å². The predicted octanol–water partition coefficient (Wildman–Crippen LogP) is 2.62. The number of amides is 1. The predicted molar refractivity (Wildman–Crippen MR) is 114 cm³/mol. The van der Waals surface area contributed by atoms with Gasteiger partial charge in [-0.3, -0.25) is 19.1 Å². The minimum absolute atomic E-state index is 0.0893. The zero-order chi connectivity index (χ0) is 21.1. The van der Waals surface area contributed by atoms with Gasteiger partial charge < -0.3 is 5.32 Å². The molecule has 6 nitrogen and oxygen atoms in total. The molecule has 30 heavy (non-hydrogen) atoms. The van der Waals surface area contributed by atoms with Gasteiger partial charge in [-0.05, 0) is 43.5 Å². The maximum absolute atomic E-state index is 13.5. The molecule has 0 aliphatic carbocycles. The van der Waals surface area contributed by atoms with Crippen molar-refractivity contribution in [2.45, 2.75) is 38.9 Å². The average Bonchev–Trinajstić information content (AvgIpc) is 2.74. The fourth-order valence-electron chi connectivity index (χ4n) is 3.98. The number of fused-ring (bicyclic) bond motifs is 1. The molecule has 7 heteroatoms. The summed E-state index contributed by atoms with van der Waals surface area (Å²) in [7, 11) is 0. The number of nitrogens with zero attached hydrogens (tertiary/aromatic N) is 3. The van der Waals surface area contributed by atoms with E-state index in [4.69, 9.17) is 0 Å². The fourth-order valence-corrected chi connectivity index (χ4v) is 3.98. The second-order valence-electron chi connectivity index (χ2n) is 7.82. The second kappa shape index (κ2) is 8.75. The van der Waals surface area contributed by atoms with Gasteiger partial charge in [0.15, 0.2) is 0 Å². The Balaban J connectivity index is 1.36. The van der Waals surface area contributed by atoms with Crippen molar-refractivity contribution in [1.29, 1.82) is 0 Å². The van der Waals surface area contributed by atoms with Crippen LogP contribution in [0.25, 0.3) is 10.9 Å². The minimum atomic E-state index is -0.497. The second-order valence-corrected chi connectivity index (χ2v) is 7.82. The van der Waals surface area contributed by atoms with Crippen molar-refractivity contribution >= 4 is 16.8 Å². The number of aryl methyl sites for hydroxylation is 1. The number of carbonyl (C=O) groups is 1. The number of nitrogens with one attached hydrogen (secondary N) is 1. The Labute approximate surface area is 174 Å². The van der Waals surface area contributed by atoms with Crippen LogP contribution < -0.4 is 10.9 Å². The lowest BCUT2D eigenvalue weighted by atomic mass is 10.0. The zero-order valence-electron chi connectivity index (χ0n) is 17.0. The van der Waals surface area contributed by atoms with Crippen LogP contribution in [-0.4, -0.2) is 39.5 Å². The summed E-state index contributed by atoms with van der Waals surface area (Å²) >= 11 is 0. The highest BCUT2D eigenvalue weighted by Gasteiger charge is 2.21. The molecule has 0 bridgehead atoms. The van der Waals surface area contributed by atoms with E-state index in [1.807, 2.05) is 18.2 Å². The van der Waals surface area contributed by atoms with Crippen LogP contribution in [0, 0.1) is 12.7 Å². The van der Waals surface area contributed by atoms with Gasteiger partial charge in [0.2, 0.25) is 5.91 Å². The number of aromatic nitrogens is 2. The Morgan fingerprint density at radius 3 is 2.63 bits per heavy atom. The summed E-state index contributed by atoms with van der Waals surface area (Å²) in [5, 5.41) is 3.22. The Kier molecular flexibility index (Phi) is 5.90. The lowest BCUT2D eigenvalue weighted by Crippen LogP contribution is -2.46. The third kappa shape index (κ3) is 4.57. The third-order valence-corrected chi connectivity index (χ3v) is 5.61. The number of benzene rings is 2. The molecule has 0 spiro atoms. The highest BCUT2D eigenvalue weighted by atomic mass is 19.1. The van der Waals surface area contributed by atoms with Crippen LogP contribution in [0.15, 0.2) is 53.3 Å². The fraction of sp³-hybridized carbons (Fsp3) is 0.348. The molecule has 1 fully saturated rings. The average molecular weight is 408 g/mol. The van der Waals surface area contributed by atoms with Crippen molar-refractivity contribution in [3.05, 3.63) is 76.1 Å². The largest absolute Gasteiger partial charge is 0.352 e. The van der Waals surface area contributed by atoms with E-state index in [2.05, 4.69) is 27.3 Å². The third-order valence-electron chi connectivity index (χ3n) is 5.61. The van der Waals surface area contributed by atoms with E-state index >= 15 is 0 Å². The zero-order valence-corrected chi connectivity index (χ0v) is 17.0. The summed E-state index contributed by atoms with van der Waals surface area (Å²) < 4.78 is 14.8. The Hall–Kier alpha value is -3.06. The number of carbonyl (C=O) groups excluding carboxylic acids is 1. The minimum Gasteiger partial charge on any atom is -0.352 e. The smallest absolute Gasteiger partial charge is 0.261 e. The molecule has 0 saturated carbocycles. The van der Waals surface area contributed by atoms with E-state index in [0.29, 0.717) is 11.3 Å². The van der Waals surface area contributed by atoms with Gasteiger partial charge in [0.05, 0.1) is 10.9 Å². The molecule has 3 aromatic rings. The summed E-state index contributed by atoms with van der Waals surface area (Å²) in [4.78, 5) is 32.0. The molecule has 0 radical (unpaired) electrons. The maximum Gasteiger partial charge on any atom is 0.261 e. The molecule has 2 heterocycles. The van der Waals surface area contributed by atoms with Crippen molar-refractivity contribution in [1.82, 2.24) is 19.8 Å². The molecule has 1 N–H and O–H groups in total. The van der Waals surface area contributed by atoms with Crippen LogP contribution in [0.3, 0.4) is 0 Å². The topological polar surface area (TPSA) is 67.2 Å². The number of hydrogen-bond donors (Lipinski definition) is 1. The van der Waals surface area contributed by atoms with E-state index in [9.17, 15) is 14.0 Å². The van der Waals surface area contributed by atoms with Gasteiger partial charge in [0.1, 0.15) is 18.2 Å². The van der Waals surface area contributed by atoms with Crippen molar-refractivity contribution in [2.24, 2.45) is 0 Å². The van der Waals surface area contributed by atoms with Crippen molar-refractivity contribution in [3.8, 4) is 0 Å². The molecular formula is C23H25FN4O2. The molecule has 1 aliphatic rings.